The van der Waals surface area contributed by atoms with Crippen molar-refractivity contribution in [2.45, 2.75) is 0 Å². The summed E-state index contributed by atoms with van der Waals surface area (Å²) >= 11 is -5.62. The zero-order chi connectivity index (χ0) is 4.50. The average molecular weight is 201 g/mol. The van der Waals surface area contributed by atoms with Gasteiger partial charge in [-0.3, -0.25) is 0 Å². The van der Waals surface area contributed by atoms with E-state index in [4.69, 9.17) is 16.0 Å². The molecule has 0 spiro atoms. The quantitative estimate of drug-likeness (QED) is 0.366. The molecule has 0 saturated heterocycles. The van der Waals surface area contributed by atoms with Crippen molar-refractivity contribution >= 4 is 0 Å². The van der Waals surface area contributed by atoms with E-state index in [1.54, 1.807) is 0 Å². The third-order valence-electron chi connectivity index (χ3n) is 0. The molecule has 0 aliphatic rings. The summed E-state index contributed by atoms with van der Waals surface area (Å²) in [5, 5.41) is 0. The fourth-order valence-corrected chi connectivity index (χ4v) is 0. The molecule has 0 atom stereocenters. The minimum absolute atomic E-state index is 0. The van der Waals surface area contributed by atoms with Gasteiger partial charge in [-0.05, 0) is 0 Å². The Morgan fingerprint density at radius 1 is 1.14 bits per heavy atom. The minimum atomic E-state index is -5.62. The van der Waals surface area contributed by atoms with Crippen molar-refractivity contribution in [3.8, 4) is 0 Å². The van der Waals surface area contributed by atoms with Crippen LogP contribution in [0.25, 0.3) is 0 Å². The van der Waals surface area contributed by atoms with Crippen molar-refractivity contribution in [3.63, 3.8) is 0 Å². The van der Waals surface area contributed by atoms with Crippen LogP contribution in [0.3, 0.4) is 0 Å². The number of hydrogen-bond donors (Lipinski definition) is 0. The van der Waals surface area contributed by atoms with Crippen LogP contribution in [0.1, 0.15) is 0 Å². The van der Waals surface area contributed by atoms with Gasteiger partial charge in [0.1, 0.15) is 0 Å². The Bertz CT molecular complexity index is 94.9. The molecule has 0 aromatic heterocycles. The Labute approximate surface area is 75.1 Å². The van der Waals surface area contributed by atoms with E-state index in [1.807, 2.05) is 0 Å². The van der Waals surface area contributed by atoms with E-state index in [0.29, 0.717) is 0 Å². The molecule has 7 heavy (non-hydrogen) atoms. The van der Waals surface area contributed by atoms with Gasteiger partial charge < -0.3 is 0 Å². The van der Waals surface area contributed by atoms with E-state index in [1.165, 1.54) is 0 Å². The van der Waals surface area contributed by atoms with E-state index in [2.05, 4.69) is 0 Å². The van der Waals surface area contributed by atoms with Crippen molar-refractivity contribution in [1.82, 2.24) is 0 Å². The number of rotatable bonds is 0. The van der Waals surface area contributed by atoms with Crippen molar-refractivity contribution < 1.29 is 75.8 Å². The molecule has 0 rings (SSSR count). The molecule has 0 heterocycles. The molecule has 4 nitrogen and oxygen atoms in total. The van der Waals surface area contributed by atoms with Gasteiger partial charge in [-0.25, -0.2) is 0 Å². The van der Waals surface area contributed by atoms with Crippen molar-refractivity contribution in [3.05, 3.63) is 0 Å². The van der Waals surface area contributed by atoms with Gasteiger partial charge in [0.05, 0.1) is 0 Å². The Kier molecular flexibility index (Phi) is 12.8. The fourth-order valence-electron chi connectivity index (χ4n) is 0. The Morgan fingerprint density at radius 3 is 1.14 bits per heavy atom. The van der Waals surface area contributed by atoms with Crippen LogP contribution in [-0.2, 0) is 37.8 Å². The van der Waals surface area contributed by atoms with Crippen molar-refractivity contribution in [2.75, 3.05) is 0 Å². The monoisotopic (exact) mass is 201 g/mol. The first-order valence-corrected chi connectivity index (χ1v) is 2.54. The Balaban J connectivity index is -0.0000000800. The van der Waals surface area contributed by atoms with E-state index >= 15 is 0 Å². The summed E-state index contributed by atoms with van der Waals surface area (Å²) in [4.78, 5) is 0. The topological polar surface area (TPSA) is 80.3 Å². The average Bonchev–Trinajstić information content (AvgIpc) is 0.722. The van der Waals surface area contributed by atoms with Crippen LogP contribution in [0.4, 0.5) is 0 Å². The molecule has 0 aliphatic carbocycles. The van der Waals surface area contributed by atoms with E-state index in [-0.39, 0.29) is 46.3 Å². The predicted octanol–water partition coefficient (Wildman–Crippen LogP) is -5.62. The first-order valence-electron chi connectivity index (χ1n) is 0.617. The van der Waals surface area contributed by atoms with Crippen LogP contribution in [-0.4, -0.2) is 0 Å². The summed E-state index contributed by atoms with van der Waals surface area (Å²) in [6.07, 6.45) is 0. The van der Waals surface area contributed by atoms with Gasteiger partial charge in [-0.15, -0.1) is 0 Å². The Morgan fingerprint density at radius 2 is 1.14 bits per heavy atom. The first-order chi connectivity index (χ1) is 2.00. The van der Waals surface area contributed by atoms with E-state index in [9.17, 15) is 0 Å². The van der Waals surface area contributed by atoms with Crippen LogP contribution >= 0.6 is 0 Å². The van der Waals surface area contributed by atoms with Gasteiger partial charge in [0.15, 0.2) is 0 Å². The molecule has 0 unspecified atom stereocenters. The van der Waals surface area contributed by atoms with Gasteiger partial charge in [0.2, 0.25) is 0 Å². The molecule has 0 fully saturated rings. The summed E-state index contributed by atoms with van der Waals surface area (Å²) in [6.45, 7) is 0. The fraction of sp³-hybridized carbons (Fsp3) is 0. The maximum atomic E-state index is 8.58. The molecule has 0 saturated carbocycles. The van der Waals surface area contributed by atoms with Gasteiger partial charge in [0, 0.05) is 0 Å². The molecular weight excluding hydrogens is 201 g/mol. The van der Waals surface area contributed by atoms with Gasteiger partial charge in [-0.1, -0.05) is 0 Å². The molecule has 0 bridgehead atoms. The van der Waals surface area contributed by atoms with Crippen molar-refractivity contribution in [1.29, 1.82) is 0 Å². The molecule has 0 N–H and O–H groups in total. The second kappa shape index (κ2) is 5.68. The molecule has 7 heteroatoms. The zero-order valence-corrected chi connectivity index (χ0v) is 7.57. The normalized spacial score (nSPS) is 8.29. The standard InChI is InChI=1S/Co.Mn.Na.4O/q+2;;+1;;;2*-1. The van der Waals surface area contributed by atoms with Crippen LogP contribution in [0.5, 0.6) is 0 Å². The zero-order valence-electron chi connectivity index (χ0n) is 3.34. The summed E-state index contributed by atoms with van der Waals surface area (Å²) in [7, 11) is 0. The molecular formula is CoMnNaO4+. The summed E-state index contributed by atoms with van der Waals surface area (Å²) in [5.41, 5.74) is 0. The van der Waals surface area contributed by atoms with Crippen LogP contribution in [0.15, 0.2) is 0 Å². The first kappa shape index (κ1) is 15.8. The van der Waals surface area contributed by atoms with E-state index < -0.39 is 13.4 Å². The van der Waals surface area contributed by atoms with Crippen LogP contribution < -0.4 is 37.9 Å². The third kappa shape index (κ3) is 97.1. The van der Waals surface area contributed by atoms with E-state index in [0.717, 1.165) is 0 Å². The molecule has 0 aromatic carbocycles. The third-order valence-corrected chi connectivity index (χ3v) is 0. The molecule has 0 amide bonds. The SMILES string of the molecule is [Co+2].[Na+].[O]=[Mn](=[O])([O-])[O-]. The maximum absolute atomic E-state index is 8.58. The Hall–Kier alpha value is 1.55. The summed E-state index contributed by atoms with van der Waals surface area (Å²) in [5.74, 6) is 0. The molecule has 1 radical (unpaired) electrons. The van der Waals surface area contributed by atoms with Crippen LogP contribution in [0.2, 0.25) is 0 Å². The summed E-state index contributed by atoms with van der Waals surface area (Å²) < 4.78 is 34.3. The van der Waals surface area contributed by atoms with Crippen LogP contribution in [0, 0.1) is 0 Å². The molecule has 0 aromatic rings. The molecule has 0 aliphatic heterocycles. The van der Waals surface area contributed by atoms with Gasteiger partial charge >= 0.3 is 75.8 Å². The van der Waals surface area contributed by atoms with Crippen molar-refractivity contribution in [2.24, 2.45) is 0 Å². The van der Waals surface area contributed by atoms with Gasteiger partial charge in [-0.2, -0.15) is 0 Å². The number of hydrogen-bond acceptors (Lipinski definition) is 4. The van der Waals surface area contributed by atoms with Gasteiger partial charge in [0.25, 0.3) is 0 Å². The second-order valence-corrected chi connectivity index (χ2v) is 1.56. The predicted molar refractivity (Wildman–Crippen MR) is 1.37 cm³/mol. The molecule has 40 valence electrons. The second-order valence-electron chi connectivity index (χ2n) is 0.378. The summed E-state index contributed by atoms with van der Waals surface area (Å²) in [6, 6.07) is 0.